The Labute approximate surface area is 249 Å². The number of carbonyl (C=O) groups excluding carboxylic acids is 3. The van der Waals surface area contributed by atoms with E-state index in [-0.39, 0.29) is 41.9 Å². The smallest absolute Gasteiger partial charge is 0.370 e. The summed E-state index contributed by atoms with van der Waals surface area (Å²) >= 11 is 5.57. The number of anilines is 1. The molecule has 0 aromatic heterocycles. The van der Waals surface area contributed by atoms with Crippen molar-refractivity contribution in [1.82, 2.24) is 0 Å². The summed E-state index contributed by atoms with van der Waals surface area (Å²) in [6.07, 6.45) is -13.8. The fourth-order valence-corrected chi connectivity index (χ4v) is 5.42. The highest BCUT2D eigenvalue weighted by Crippen LogP contribution is 2.54. The van der Waals surface area contributed by atoms with Crippen molar-refractivity contribution in [2.75, 3.05) is 11.4 Å². The van der Waals surface area contributed by atoms with Gasteiger partial charge in [-0.3, -0.25) is 14.4 Å². The van der Waals surface area contributed by atoms with E-state index in [0.29, 0.717) is 0 Å². The summed E-state index contributed by atoms with van der Waals surface area (Å²) in [5.74, 6) is -3.67. The van der Waals surface area contributed by atoms with Crippen molar-refractivity contribution in [2.24, 2.45) is 5.73 Å². The topological polar surface area (TPSA) is 80.5 Å². The van der Waals surface area contributed by atoms with E-state index < -0.39 is 67.9 Å². The number of hydrogen-bond acceptors (Lipinski definition) is 3. The molecule has 42 heavy (non-hydrogen) atoms. The molecule has 3 rings (SSSR count). The molecule has 15 heteroatoms. The summed E-state index contributed by atoms with van der Waals surface area (Å²) in [5, 5.41) is 0. The van der Waals surface area contributed by atoms with Crippen LogP contribution < -0.4 is 10.6 Å². The lowest BCUT2D eigenvalue weighted by Gasteiger charge is -2.31. The molecule has 0 spiro atoms. The van der Waals surface area contributed by atoms with Crippen molar-refractivity contribution >= 4 is 55.1 Å². The molecule has 0 fully saturated rings. The van der Waals surface area contributed by atoms with E-state index in [1.54, 1.807) is 18.2 Å². The fraction of sp³-hybridized carbons (Fsp3) is 0.222. The molecular formula is C27H18Br2F8N2O3. The molecule has 0 unspecified atom stereocenters. The van der Waals surface area contributed by atoms with E-state index in [1.165, 1.54) is 24.3 Å². The van der Waals surface area contributed by atoms with Crippen LogP contribution in [-0.2, 0) is 16.9 Å². The standard InChI is InChI=1S/C27H18Br2F8N2O3/c28-18-11-15(25(31,26(32,33)34)27(35,36)37)12-19(29)17(18)13-21(40)16-7-4-8-20(23(16)30)39(10-9-22(38)41)24(42)14-5-2-1-3-6-14/h1-8,11-12H,9-10,13H2,(H2,38,41). The predicted molar refractivity (Wildman–Crippen MR) is 143 cm³/mol. The lowest BCUT2D eigenvalue weighted by molar-refractivity contribution is -0.348. The van der Waals surface area contributed by atoms with E-state index in [4.69, 9.17) is 5.73 Å². The molecule has 0 atom stereocenters. The molecule has 5 nitrogen and oxygen atoms in total. The minimum atomic E-state index is -6.36. The van der Waals surface area contributed by atoms with Crippen LogP contribution >= 0.6 is 31.9 Å². The Hall–Kier alpha value is -3.33. The number of rotatable bonds is 9. The minimum absolute atomic E-state index is 0.132. The van der Waals surface area contributed by atoms with Gasteiger partial charge in [0.2, 0.25) is 5.91 Å². The quantitative estimate of drug-likeness (QED) is 0.182. The number of hydrogen-bond donors (Lipinski definition) is 1. The molecule has 0 radical (unpaired) electrons. The largest absolute Gasteiger partial charge is 0.435 e. The number of primary amides is 1. The molecule has 0 saturated carbocycles. The molecule has 0 bridgehead atoms. The van der Waals surface area contributed by atoms with Crippen LogP contribution in [0.25, 0.3) is 0 Å². The van der Waals surface area contributed by atoms with Crippen LogP contribution in [0.2, 0.25) is 0 Å². The van der Waals surface area contributed by atoms with Crippen LogP contribution in [0.3, 0.4) is 0 Å². The van der Waals surface area contributed by atoms with Crippen LogP contribution in [0.5, 0.6) is 0 Å². The molecule has 0 aliphatic rings. The van der Waals surface area contributed by atoms with Crippen LogP contribution in [0, 0.1) is 5.82 Å². The summed E-state index contributed by atoms with van der Waals surface area (Å²) in [6, 6.07) is 11.5. The predicted octanol–water partition coefficient (Wildman–Crippen LogP) is 7.59. The highest BCUT2D eigenvalue weighted by atomic mass is 79.9. The van der Waals surface area contributed by atoms with Gasteiger partial charge in [-0.05, 0) is 42.0 Å². The zero-order chi connectivity index (χ0) is 31.6. The highest BCUT2D eigenvalue weighted by molar-refractivity contribution is 9.11. The normalized spacial score (nSPS) is 12.2. The summed E-state index contributed by atoms with van der Waals surface area (Å²) in [6.45, 7) is -0.348. The maximum atomic E-state index is 15.7. The van der Waals surface area contributed by atoms with E-state index in [0.717, 1.165) is 11.0 Å². The summed E-state index contributed by atoms with van der Waals surface area (Å²) < 4.78 is 109. The molecule has 3 aromatic rings. The van der Waals surface area contributed by atoms with Crippen LogP contribution in [0.1, 0.15) is 38.3 Å². The molecule has 0 aliphatic heterocycles. The van der Waals surface area contributed by atoms with Crippen molar-refractivity contribution < 1.29 is 49.5 Å². The number of amides is 2. The van der Waals surface area contributed by atoms with E-state index >= 15 is 4.39 Å². The first-order chi connectivity index (χ1) is 19.4. The molecule has 2 amide bonds. The average molecular weight is 730 g/mol. The number of ketones is 1. The minimum Gasteiger partial charge on any atom is -0.370 e. The Morgan fingerprint density at radius 1 is 0.810 bits per heavy atom. The van der Waals surface area contributed by atoms with Gasteiger partial charge in [0.15, 0.2) is 11.6 Å². The number of halogens is 10. The second-order valence-electron chi connectivity index (χ2n) is 8.85. The molecule has 0 saturated heterocycles. The number of benzene rings is 3. The van der Waals surface area contributed by atoms with Gasteiger partial charge in [0, 0.05) is 39.5 Å². The summed E-state index contributed by atoms with van der Waals surface area (Å²) in [7, 11) is 0. The molecule has 2 N–H and O–H groups in total. The number of nitrogens with two attached hydrogens (primary N) is 1. The molecular weight excluding hydrogens is 712 g/mol. The number of Topliss-reactive ketones (excluding diaryl/α,β-unsaturated/α-hetero) is 1. The average Bonchev–Trinajstić information content (AvgIpc) is 2.89. The molecule has 224 valence electrons. The second kappa shape index (κ2) is 12.5. The Balaban J connectivity index is 2.01. The highest BCUT2D eigenvalue weighted by Gasteiger charge is 2.73. The monoisotopic (exact) mass is 728 g/mol. The van der Waals surface area contributed by atoms with Gasteiger partial charge in [-0.15, -0.1) is 0 Å². The van der Waals surface area contributed by atoms with Gasteiger partial charge >= 0.3 is 18.0 Å². The van der Waals surface area contributed by atoms with Crippen molar-refractivity contribution in [3.63, 3.8) is 0 Å². The first kappa shape index (κ1) is 33.2. The van der Waals surface area contributed by atoms with Crippen LogP contribution in [0.15, 0.2) is 69.6 Å². The lowest BCUT2D eigenvalue weighted by Crippen LogP contribution is -2.50. The maximum Gasteiger partial charge on any atom is 0.435 e. The maximum absolute atomic E-state index is 15.7. The molecule has 0 aliphatic carbocycles. The van der Waals surface area contributed by atoms with Crippen LogP contribution in [-0.4, -0.2) is 36.5 Å². The van der Waals surface area contributed by atoms with Crippen molar-refractivity contribution in [2.45, 2.75) is 30.9 Å². The fourth-order valence-electron chi connectivity index (χ4n) is 3.95. The van der Waals surface area contributed by atoms with Gasteiger partial charge in [-0.25, -0.2) is 8.78 Å². The molecule has 3 aromatic carbocycles. The third-order valence-electron chi connectivity index (χ3n) is 6.07. The van der Waals surface area contributed by atoms with Gasteiger partial charge in [-0.2, -0.15) is 26.3 Å². The summed E-state index contributed by atoms with van der Waals surface area (Å²) in [5.41, 5.74) is -3.36. The van der Waals surface area contributed by atoms with Gasteiger partial charge < -0.3 is 10.6 Å². The van der Waals surface area contributed by atoms with E-state index in [1.807, 2.05) is 0 Å². The Morgan fingerprint density at radius 2 is 1.36 bits per heavy atom. The first-order valence-corrected chi connectivity index (χ1v) is 13.3. The molecule has 0 heterocycles. The van der Waals surface area contributed by atoms with Gasteiger partial charge in [-0.1, -0.05) is 56.1 Å². The Kier molecular flexibility index (Phi) is 9.87. The first-order valence-electron chi connectivity index (χ1n) is 11.7. The van der Waals surface area contributed by atoms with Crippen molar-refractivity contribution in [3.05, 3.63) is 97.7 Å². The Morgan fingerprint density at radius 3 is 1.86 bits per heavy atom. The van der Waals surface area contributed by atoms with Gasteiger partial charge in [0.25, 0.3) is 5.91 Å². The Bertz CT molecular complexity index is 1470. The SMILES string of the molecule is NC(=O)CCN(C(=O)c1ccccc1)c1cccc(C(=O)Cc2c(Br)cc(C(F)(C(F)(F)F)C(F)(F)F)cc2Br)c1F. The summed E-state index contributed by atoms with van der Waals surface area (Å²) in [4.78, 5) is 38.6. The lowest BCUT2D eigenvalue weighted by atomic mass is 9.92. The third kappa shape index (κ3) is 6.66. The van der Waals surface area contributed by atoms with E-state index in [9.17, 15) is 45.1 Å². The third-order valence-corrected chi connectivity index (χ3v) is 7.49. The number of alkyl halides is 7. The number of nitrogens with zero attached hydrogens (tertiary/aromatic N) is 1. The second-order valence-corrected chi connectivity index (χ2v) is 10.6. The zero-order valence-electron chi connectivity index (χ0n) is 20.9. The van der Waals surface area contributed by atoms with Crippen molar-refractivity contribution in [3.8, 4) is 0 Å². The van der Waals surface area contributed by atoms with Crippen molar-refractivity contribution in [1.29, 1.82) is 0 Å². The van der Waals surface area contributed by atoms with Gasteiger partial charge in [0.05, 0.1) is 11.3 Å². The van der Waals surface area contributed by atoms with Crippen LogP contribution in [0.4, 0.5) is 40.8 Å². The van der Waals surface area contributed by atoms with E-state index in [2.05, 4.69) is 31.9 Å². The van der Waals surface area contributed by atoms with Gasteiger partial charge in [0.1, 0.15) is 0 Å². The number of carbonyl (C=O) groups is 3. The zero-order valence-corrected chi connectivity index (χ0v) is 24.1.